The number of benzene rings is 1. The van der Waals surface area contributed by atoms with Gasteiger partial charge in [-0.05, 0) is 31.7 Å². The zero-order valence-corrected chi connectivity index (χ0v) is 14.0. The van der Waals surface area contributed by atoms with Gasteiger partial charge >= 0.3 is 11.9 Å². The van der Waals surface area contributed by atoms with E-state index in [4.69, 9.17) is 9.47 Å². The predicted molar refractivity (Wildman–Crippen MR) is 84.4 cm³/mol. The fourth-order valence-corrected chi connectivity index (χ4v) is 2.71. The average Bonchev–Trinajstić information content (AvgIpc) is 2.49. The molecule has 0 aromatic heterocycles. The molecule has 5 heteroatoms. The molecule has 1 rings (SSSR count). The van der Waals surface area contributed by atoms with Crippen LogP contribution >= 0.6 is 15.9 Å². The molecule has 0 N–H and O–H groups in total. The van der Waals surface area contributed by atoms with Crippen molar-refractivity contribution in [3.05, 3.63) is 35.9 Å². The third kappa shape index (κ3) is 5.50. The monoisotopic (exact) mass is 356 g/mol. The van der Waals surface area contributed by atoms with Gasteiger partial charge in [0, 0.05) is 5.33 Å². The Bertz CT molecular complexity index is 429. The van der Waals surface area contributed by atoms with Crippen LogP contribution in [0.4, 0.5) is 0 Å². The van der Waals surface area contributed by atoms with Crippen LogP contribution in [0.25, 0.3) is 0 Å². The lowest BCUT2D eigenvalue weighted by molar-refractivity contribution is -0.162. The molecule has 116 valence electrons. The highest BCUT2D eigenvalue weighted by Crippen LogP contribution is 2.27. The molecule has 0 fully saturated rings. The first-order valence-corrected chi connectivity index (χ1v) is 8.20. The standard InChI is InChI=1S/C16H21BrO4/c1-3-20-15(18)14(16(19)21-4-2)10-13(11-17)12-8-6-5-7-9-12/h5-9,13-14H,3-4,10-11H2,1-2H3. The van der Waals surface area contributed by atoms with E-state index in [1.165, 1.54) is 0 Å². The molecule has 4 nitrogen and oxygen atoms in total. The van der Waals surface area contributed by atoms with E-state index in [1.54, 1.807) is 13.8 Å². The molecule has 0 aliphatic heterocycles. The molecule has 1 atom stereocenters. The average molecular weight is 357 g/mol. The van der Waals surface area contributed by atoms with Gasteiger partial charge < -0.3 is 9.47 Å². The minimum absolute atomic E-state index is 0.0463. The van der Waals surface area contributed by atoms with Crippen molar-refractivity contribution in [2.45, 2.75) is 26.2 Å². The van der Waals surface area contributed by atoms with E-state index in [2.05, 4.69) is 15.9 Å². The Kier molecular flexibility index (Phi) is 8.05. The summed E-state index contributed by atoms with van der Waals surface area (Å²) in [6, 6.07) is 9.78. The second-order valence-electron chi connectivity index (χ2n) is 4.55. The van der Waals surface area contributed by atoms with Gasteiger partial charge in [0.15, 0.2) is 5.92 Å². The minimum atomic E-state index is -0.882. The predicted octanol–water partition coefficient (Wildman–Crippen LogP) is 3.30. The van der Waals surface area contributed by atoms with Crippen LogP contribution in [0.1, 0.15) is 31.7 Å². The topological polar surface area (TPSA) is 52.6 Å². The van der Waals surface area contributed by atoms with Gasteiger partial charge in [0.1, 0.15) is 0 Å². The molecule has 0 heterocycles. The summed E-state index contributed by atoms with van der Waals surface area (Å²) in [7, 11) is 0. The molecule has 0 saturated heterocycles. The van der Waals surface area contributed by atoms with E-state index < -0.39 is 17.9 Å². The molecule has 0 bridgehead atoms. The maximum atomic E-state index is 12.0. The highest BCUT2D eigenvalue weighted by Gasteiger charge is 2.32. The number of esters is 2. The van der Waals surface area contributed by atoms with E-state index >= 15 is 0 Å². The molecule has 0 spiro atoms. The van der Waals surface area contributed by atoms with Crippen molar-refractivity contribution in [3.8, 4) is 0 Å². The molecule has 1 aromatic carbocycles. The normalized spacial score (nSPS) is 12.0. The lowest BCUT2D eigenvalue weighted by Gasteiger charge is -2.20. The number of halogens is 1. The summed E-state index contributed by atoms with van der Waals surface area (Å²) < 4.78 is 10.00. The number of hydrogen-bond acceptors (Lipinski definition) is 4. The number of ether oxygens (including phenoxy) is 2. The van der Waals surface area contributed by atoms with Crippen LogP contribution in [-0.2, 0) is 19.1 Å². The first kappa shape index (κ1) is 17.7. The van der Waals surface area contributed by atoms with Crippen molar-refractivity contribution < 1.29 is 19.1 Å². The fourth-order valence-electron chi connectivity index (χ4n) is 2.07. The van der Waals surface area contributed by atoms with Crippen molar-refractivity contribution in [1.29, 1.82) is 0 Å². The molecule has 1 unspecified atom stereocenters. The zero-order chi connectivity index (χ0) is 15.7. The molecule has 0 aliphatic rings. The van der Waals surface area contributed by atoms with Crippen LogP contribution in [0.5, 0.6) is 0 Å². The first-order valence-electron chi connectivity index (χ1n) is 7.08. The molecule has 1 aromatic rings. The van der Waals surface area contributed by atoms with Gasteiger partial charge in [-0.25, -0.2) is 0 Å². The Morgan fingerprint density at radius 1 is 1.05 bits per heavy atom. The van der Waals surface area contributed by atoms with E-state index in [9.17, 15) is 9.59 Å². The SMILES string of the molecule is CCOC(=O)C(CC(CBr)c1ccccc1)C(=O)OCC. The highest BCUT2D eigenvalue weighted by molar-refractivity contribution is 9.09. The number of carbonyl (C=O) groups excluding carboxylic acids is 2. The van der Waals surface area contributed by atoms with Crippen molar-refractivity contribution >= 4 is 27.9 Å². The Morgan fingerprint density at radius 2 is 1.57 bits per heavy atom. The van der Waals surface area contributed by atoms with Crippen LogP contribution in [0.2, 0.25) is 0 Å². The van der Waals surface area contributed by atoms with Gasteiger partial charge in [-0.1, -0.05) is 46.3 Å². The lowest BCUT2D eigenvalue weighted by atomic mass is 9.90. The largest absolute Gasteiger partial charge is 0.465 e. The molecule has 0 aliphatic carbocycles. The van der Waals surface area contributed by atoms with E-state index in [0.717, 1.165) is 5.56 Å². The van der Waals surface area contributed by atoms with Crippen molar-refractivity contribution in [2.75, 3.05) is 18.5 Å². The van der Waals surface area contributed by atoms with E-state index in [1.807, 2.05) is 30.3 Å². The number of carbonyl (C=O) groups is 2. The molecular weight excluding hydrogens is 336 g/mol. The molecule has 0 radical (unpaired) electrons. The highest BCUT2D eigenvalue weighted by atomic mass is 79.9. The maximum absolute atomic E-state index is 12.0. The Balaban J connectivity index is 2.87. The second-order valence-corrected chi connectivity index (χ2v) is 5.20. The van der Waals surface area contributed by atoms with Gasteiger partial charge in [-0.2, -0.15) is 0 Å². The van der Waals surface area contributed by atoms with E-state index in [0.29, 0.717) is 11.8 Å². The Hall–Kier alpha value is -1.36. The number of alkyl halides is 1. The summed E-state index contributed by atoms with van der Waals surface area (Å²) in [5.41, 5.74) is 1.08. The molecular formula is C16H21BrO4. The van der Waals surface area contributed by atoms with Gasteiger partial charge in [0.05, 0.1) is 13.2 Å². The van der Waals surface area contributed by atoms with Crippen molar-refractivity contribution in [3.63, 3.8) is 0 Å². The fraction of sp³-hybridized carbons (Fsp3) is 0.500. The maximum Gasteiger partial charge on any atom is 0.320 e. The summed E-state index contributed by atoms with van der Waals surface area (Å²) >= 11 is 3.45. The molecule has 21 heavy (non-hydrogen) atoms. The number of rotatable bonds is 8. The van der Waals surface area contributed by atoms with Gasteiger partial charge in [-0.3, -0.25) is 9.59 Å². The summed E-state index contributed by atoms with van der Waals surface area (Å²) in [4.78, 5) is 24.0. The smallest absolute Gasteiger partial charge is 0.320 e. The van der Waals surface area contributed by atoms with Crippen LogP contribution in [0.15, 0.2) is 30.3 Å². The van der Waals surface area contributed by atoms with Gasteiger partial charge in [-0.15, -0.1) is 0 Å². The lowest BCUT2D eigenvalue weighted by Crippen LogP contribution is -2.30. The van der Waals surface area contributed by atoms with Crippen molar-refractivity contribution in [1.82, 2.24) is 0 Å². The van der Waals surface area contributed by atoms with Crippen LogP contribution in [-0.4, -0.2) is 30.5 Å². The first-order chi connectivity index (χ1) is 10.1. The van der Waals surface area contributed by atoms with Gasteiger partial charge in [0.25, 0.3) is 0 Å². The third-order valence-electron chi connectivity index (χ3n) is 3.12. The van der Waals surface area contributed by atoms with Crippen LogP contribution < -0.4 is 0 Å². The molecule has 0 amide bonds. The Morgan fingerprint density at radius 3 is 2.00 bits per heavy atom. The second kappa shape index (κ2) is 9.55. The van der Waals surface area contributed by atoms with Crippen LogP contribution in [0, 0.1) is 5.92 Å². The van der Waals surface area contributed by atoms with E-state index in [-0.39, 0.29) is 19.1 Å². The summed E-state index contributed by atoms with van der Waals surface area (Å²) in [6.45, 7) is 3.94. The van der Waals surface area contributed by atoms with Crippen molar-refractivity contribution in [2.24, 2.45) is 5.92 Å². The minimum Gasteiger partial charge on any atom is -0.465 e. The quantitative estimate of drug-likeness (QED) is 0.407. The number of hydrogen-bond donors (Lipinski definition) is 0. The Labute approximate surface area is 133 Å². The third-order valence-corrected chi connectivity index (χ3v) is 3.90. The van der Waals surface area contributed by atoms with Gasteiger partial charge in [0.2, 0.25) is 0 Å². The summed E-state index contributed by atoms with van der Waals surface area (Å²) in [5, 5.41) is 0.659. The summed E-state index contributed by atoms with van der Waals surface area (Å²) in [5.74, 6) is -1.87. The summed E-state index contributed by atoms with van der Waals surface area (Å²) in [6.07, 6.45) is 0.368. The zero-order valence-electron chi connectivity index (χ0n) is 12.4. The molecule has 0 saturated carbocycles. The van der Waals surface area contributed by atoms with Crippen LogP contribution in [0.3, 0.4) is 0 Å².